The molecule has 0 atom stereocenters. The summed E-state index contributed by atoms with van der Waals surface area (Å²) in [6.07, 6.45) is 0. The van der Waals surface area contributed by atoms with Crippen LogP contribution in [0.25, 0.3) is 10.9 Å². The number of fused-ring (bicyclic) bond motifs is 1. The van der Waals surface area contributed by atoms with Crippen molar-refractivity contribution < 1.29 is 0 Å². The number of aryl methyl sites for hydroxylation is 1. The van der Waals surface area contributed by atoms with Crippen LogP contribution in [0.15, 0.2) is 28.7 Å². The van der Waals surface area contributed by atoms with Crippen LogP contribution in [-0.2, 0) is 0 Å². The van der Waals surface area contributed by atoms with Gasteiger partial charge in [0.1, 0.15) is 0 Å². The van der Waals surface area contributed by atoms with Gasteiger partial charge < -0.3 is 0 Å². The molecule has 66 valence electrons. The standard InChI is InChI=1S/C10H7BrClN/c1-6-10(12)9(11)7-4-2-3-5-8(7)13-6/h2-5H,1H3. The minimum atomic E-state index is 0.693. The second-order valence-corrected chi connectivity index (χ2v) is 4.01. The van der Waals surface area contributed by atoms with Crippen molar-refractivity contribution in [2.45, 2.75) is 6.92 Å². The summed E-state index contributed by atoms with van der Waals surface area (Å²) in [5.41, 5.74) is 1.82. The molecule has 0 aliphatic carbocycles. The highest BCUT2D eigenvalue weighted by Gasteiger charge is 2.06. The quantitative estimate of drug-likeness (QED) is 0.695. The zero-order valence-electron chi connectivity index (χ0n) is 7.01. The Morgan fingerprint density at radius 1 is 1.31 bits per heavy atom. The molecule has 0 spiro atoms. The van der Waals surface area contributed by atoms with Crippen LogP contribution in [0.4, 0.5) is 0 Å². The van der Waals surface area contributed by atoms with Crippen molar-refractivity contribution in [3.63, 3.8) is 0 Å². The molecule has 0 aliphatic rings. The van der Waals surface area contributed by atoms with Crippen molar-refractivity contribution in [1.29, 1.82) is 0 Å². The van der Waals surface area contributed by atoms with Gasteiger partial charge in [-0.3, -0.25) is 4.98 Å². The van der Waals surface area contributed by atoms with E-state index in [1.165, 1.54) is 0 Å². The molecule has 2 aromatic rings. The van der Waals surface area contributed by atoms with E-state index in [1.807, 2.05) is 31.2 Å². The maximum Gasteiger partial charge on any atom is 0.0767 e. The molecule has 1 aromatic heterocycles. The van der Waals surface area contributed by atoms with Crippen LogP contribution in [0.2, 0.25) is 5.02 Å². The Bertz CT molecular complexity index is 468. The molecule has 0 N–H and O–H groups in total. The highest BCUT2D eigenvalue weighted by Crippen LogP contribution is 2.31. The molecule has 0 amide bonds. The Morgan fingerprint density at radius 3 is 2.77 bits per heavy atom. The van der Waals surface area contributed by atoms with E-state index in [1.54, 1.807) is 0 Å². The average molecular weight is 257 g/mol. The summed E-state index contributed by atoms with van der Waals surface area (Å²) in [4.78, 5) is 4.37. The molecule has 1 heterocycles. The van der Waals surface area contributed by atoms with Crippen LogP contribution in [0.1, 0.15) is 5.69 Å². The number of rotatable bonds is 0. The predicted octanol–water partition coefficient (Wildman–Crippen LogP) is 3.96. The molecule has 3 heteroatoms. The van der Waals surface area contributed by atoms with E-state index in [9.17, 15) is 0 Å². The zero-order chi connectivity index (χ0) is 9.42. The summed E-state index contributed by atoms with van der Waals surface area (Å²) >= 11 is 9.51. The van der Waals surface area contributed by atoms with Gasteiger partial charge in [0.15, 0.2) is 0 Å². The summed E-state index contributed by atoms with van der Waals surface area (Å²) in [5.74, 6) is 0. The lowest BCUT2D eigenvalue weighted by atomic mass is 10.2. The first-order valence-electron chi connectivity index (χ1n) is 3.90. The fourth-order valence-corrected chi connectivity index (χ4v) is 2.03. The predicted molar refractivity (Wildman–Crippen MR) is 59.2 cm³/mol. The lowest BCUT2D eigenvalue weighted by Gasteiger charge is -2.04. The topological polar surface area (TPSA) is 12.9 Å². The fraction of sp³-hybridized carbons (Fsp3) is 0.100. The Hall–Kier alpha value is -0.600. The van der Waals surface area contributed by atoms with Gasteiger partial charge in [-0.2, -0.15) is 0 Å². The number of pyridine rings is 1. The SMILES string of the molecule is Cc1nc2ccccc2c(Br)c1Cl. The van der Waals surface area contributed by atoms with Gasteiger partial charge in [-0.25, -0.2) is 0 Å². The van der Waals surface area contributed by atoms with Gasteiger partial charge in [-0.15, -0.1) is 0 Å². The van der Waals surface area contributed by atoms with Crippen LogP contribution in [0.3, 0.4) is 0 Å². The van der Waals surface area contributed by atoms with Crippen LogP contribution < -0.4 is 0 Å². The molecule has 2 rings (SSSR count). The van der Waals surface area contributed by atoms with E-state index in [4.69, 9.17) is 11.6 Å². The van der Waals surface area contributed by atoms with Gasteiger partial charge in [0.2, 0.25) is 0 Å². The third-order valence-electron chi connectivity index (χ3n) is 1.94. The summed E-state index contributed by atoms with van der Waals surface area (Å²) in [6.45, 7) is 1.90. The van der Waals surface area contributed by atoms with Crippen molar-refractivity contribution in [2.24, 2.45) is 0 Å². The van der Waals surface area contributed by atoms with Gasteiger partial charge in [-0.05, 0) is 28.9 Å². The third kappa shape index (κ3) is 1.45. The molecule has 1 nitrogen and oxygen atoms in total. The smallest absolute Gasteiger partial charge is 0.0767 e. The molecule has 0 radical (unpaired) electrons. The summed E-state index contributed by atoms with van der Waals surface area (Å²) in [5, 5.41) is 1.75. The number of halogens is 2. The number of para-hydroxylation sites is 1. The Morgan fingerprint density at radius 2 is 2.00 bits per heavy atom. The van der Waals surface area contributed by atoms with Gasteiger partial charge >= 0.3 is 0 Å². The Balaban J connectivity index is 2.94. The molecular formula is C10H7BrClN. The van der Waals surface area contributed by atoms with E-state index in [2.05, 4.69) is 20.9 Å². The third-order valence-corrected chi connectivity index (χ3v) is 3.45. The van der Waals surface area contributed by atoms with Gasteiger partial charge in [0.05, 0.1) is 16.2 Å². The van der Waals surface area contributed by atoms with E-state index in [0.717, 1.165) is 21.1 Å². The first-order chi connectivity index (χ1) is 6.20. The van der Waals surface area contributed by atoms with Crippen molar-refractivity contribution in [3.05, 3.63) is 39.5 Å². The molecule has 0 fully saturated rings. The minimum absolute atomic E-state index is 0.693. The second-order valence-electron chi connectivity index (χ2n) is 2.84. The summed E-state index contributed by atoms with van der Waals surface area (Å²) < 4.78 is 0.928. The largest absolute Gasteiger partial charge is 0.251 e. The number of benzene rings is 1. The minimum Gasteiger partial charge on any atom is -0.251 e. The van der Waals surface area contributed by atoms with Crippen LogP contribution >= 0.6 is 27.5 Å². The number of nitrogens with zero attached hydrogens (tertiary/aromatic N) is 1. The molecule has 0 bridgehead atoms. The van der Waals surface area contributed by atoms with Crippen molar-refractivity contribution in [1.82, 2.24) is 4.98 Å². The summed E-state index contributed by atoms with van der Waals surface area (Å²) in [7, 11) is 0. The first kappa shape index (κ1) is 8.97. The monoisotopic (exact) mass is 255 g/mol. The normalized spacial score (nSPS) is 10.7. The van der Waals surface area contributed by atoms with E-state index in [0.29, 0.717) is 5.02 Å². The van der Waals surface area contributed by atoms with Crippen LogP contribution in [0, 0.1) is 6.92 Å². The molecule has 13 heavy (non-hydrogen) atoms. The first-order valence-corrected chi connectivity index (χ1v) is 5.07. The van der Waals surface area contributed by atoms with Gasteiger partial charge in [0.25, 0.3) is 0 Å². The summed E-state index contributed by atoms with van der Waals surface area (Å²) in [6, 6.07) is 7.91. The van der Waals surface area contributed by atoms with Gasteiger partial charge in [0, 0.05) is 9.86 Å². The lowest BCUT2D eigenvalue weighted by Crippen LogP contribution is -1.86. The van der Waals surface area contributed by atoms with Crippen LogP contribution in [0.5, 0.6) is 0 Å². The number of hydrogen-bond acceptors (Lipinski definition) is 1. The molecule has 0 unspecified atom stereocenters. The molecule has 1 aromatic carbocycles. The molecule has 0 aliphatic heterocycles. The number of aromatic nitrogens is 1. The van der Waals surface area contributed by atoms with Gasteiger partial charge in [-0.1, -0.05) is 29.8 Å². The van der Waals surface area contributed by atoms with Crippen molar-refractivity contribution >= 4 is 38.4 Å². The molecule has 0 saturated heterocycles. The van der Waals surface area contributed by atoms with Crippen molar-refractivity contribution in [2.75, 3.05) is 0 Å². The highest BCUT2D eigenvalue weighted by atomic mass is 79.9. The van der Waals surface area contributed by atoms with E-state index >= 15 is 0 Å². The highest BCUT2D eigenvalue weighted by molar-refractivity contribution is 9.10. The Kier molecular flexibility index (Phi) is 2.26. The van der Waals surface area contributed by atoms with E-state index < -0.39 is 0 Å². The maximum absolute atomic E-state index is 6.05. The van der Waals surface area contributed by atoms with Crippen LogP contribution in [-0.4, -0.2) is 4.98 Å². The average Bonchev–Trinajstić information content (AvgIpc) is 2.15. The lowest BCUT2D eigenvalue weighted by molar-refractivity contribution is 1.25. The second kappa shape index (κ2) is 3.28. The van der Waals surface area contributed by atoms with Crippen molar-refractivity contribution in [3.8, 4) is 0 Å². The molecule has 0 saturated carbocycles. The number of hydrogen-bond donors (Lipinski definition) is 0. The van der Waals surface area contributed by atoms with E-state index in [-0.39, 0.29) is 0 Å². The maximum atomic E-state index is 6.05. The fourth-order valence-electron chi connectivity index (χ4n) is 1.26. The molecular weight excluding hydrogens is 249 g/mol. The Labute approximate surface area is 89.9 Å². The zero-order valence-corrected chi connectivity index (χ0v) is 9.35.